The molecule has 98 valence electrons. The molecule has 0 bridgehead atoms. The number of hydrogen-bond acceptors (Lipinski definition) is 3. The van der Waals surface area contributed by atoms with Gasteiger partial charge in [0.15, 0.2) is 0 Å². The Morgan fingerprint density at radius 3 is 2.56 bits per heavy atom. The largest absolute Gasteiger partial charge is 0.385 e. The quantitative estimate of drug-likeness (QED) is 0.772. The van der Waals surface area contributed by atoms with Crippen molar-refractivity contribution in [3.8, 4) is 0 Å². The summed E-state index contributed by atoms with van der Waals surface area (Å²) in [7, 11) is 0. The number of rotatable bonds is 5. The molecule has 1 aromatic carbocycles. The van der Waals surface area contributed by atoms with Gasteiger partial charge >= 0.3 is 0 Å². The van der Waals surface area contributed by atoms with Crippen molar-refractivity contribution in [2.45, 2.75) is 6.42 Å². The number of para-hydroxylation sites is 1. The lowest BCUT2D eigenvalue weighted by Crippen LogP contribution is -2.27. The van der Waals surface area contributed by atoms with Crippen molar-refractivity contribution in [3.63, 3.8) is 0 Å². The van der Waals surface area contributed by atoms with Crippen LogP contribution in [0.15, 0.2) is 30.3 Å². The lowest BCUT2D eigenvalue weighted by atomic mass is 10.0. The van der Waals surface area contributed by atoms with E-state index >= 15 is 0 Å². The third kappa shape index (κ3) is 2.85. The van der Waals surface area contributed by atoms with Gasteiger partial charge in [-0.05, 0) is 50.0 Å². The molecule has 0 amide bonds. The predicted octanol–water partition coefficient (Wildman–Crippen LogP) is 1.64. The number of nitrogens with one attached hydrogen (secondary N) is 2. The number of benzene rings is 1. The zero-order chi connectivity index (χ0) is 12.2. The van der Waals surface area contributed by atoms with Gasteiger partial charge in [0.2, 0.25) is 0 Å². The fourth-order valence-corrected chi connectivity index (χ4v) is 3.23. The third-order valence-corrected chi connectivity index (χ3v) is 4.22. The summed E-state index contributed by atoms with van der Waals surface area (Å²) in [5.41, 5.74) is 1.24. The Morgan fingerprint density at radius 2 is 1.83 bits per heavy atom. The summed E-state index contributed by atoms with van der Waals surface area (Å²) in [6.07, 6.45) is 1.24. The number of likely N-dealkylation sites (tertiary alicyclic amines) is 1. The maximum atomic E-state index is 3.49. The van der Waals surface area contributed by atoms with Gasteiger partial charge in [-0.2, -0.15) is 0 Å². The molecule has 0 spiro atoms. The van der Waals surface area contributed by atoms with Gasteiger partial charge in [-0.15, -0.1) is 0 Å². The van der Waals surface area contributed by atoms with Gasteiger partial charge in [-0.3, -0.25) is 0 Å². The van der Waals surface area contributed by atoms with E-state index in [-0.39, 0.29) is 0 Å². The van der Waals surface area contributed by atoms with E-state index in [0.29, 0.717) is 0 Å². The van der Waals surface area contributed by atoms with Crippen molar-refractivity contribution in [2.75, 3.05) is 44.6 Å². The van der Waals surface area contributed by atoms with Crippen LogP contribution in [-0.2, 0) is 0 Å². The highest BCUT2D eigenvalue weighted by Gasteiger charge is 2.35. The fraction of sp³-hybridized carbons (Fsp3) is 0.600. The predicted molar refractivity (Wildman–Crippen MR) is 75.8 cm³/mol. The highest BCUT2D eigenvalue weighted by Crippen LogP contribution is 2.25. The number of nitrogens with zero attached hydrogens (tertiary/aromatic N) is 1. The Morgan fingerprint density at radius 1 is 1.11 bits per heavy atom. The zero-order valence-corrected chi connectivity index (χ0v) is 10.9. The van der Waals surface area contributed by atoms with Gasteiger partial charge in [0.05, 0.1) is 0 Å². The molecular weight excluding hydrogens is 222 g/mol. The summed E-state index contributed by atoms with van der Waals surface area (Å²) in [5, 5.41) is 6.97. The lowest BCUT2D eigenvalue weighted by molar-refractivity contribution is 0.312. The highest BCUT2D eigenvalue weighted by molar-refractivity contribution is 5.42. The molecule has 3 rings (SSSR count). The summed E-state index contributed by atoms with van der Waals surface area (Å²) < 4.78 is 0. The minimum Gasteiger partial charge on any atom is -0.385 e. The van der Waals surface area contributed by atoms with E-state index in [0.717, 1.165) is 18.4 Å². The Kier molecular flexibility index (Phi) is 3.81. The smallest absolute Gasteiger partial charge is 0.0340 e. The Hall–Kier alpha value is -1.06. The average Bonchev–Trinajstić information content (AvgIpc) is 2.96. The minimum atomic E-state index is 0.923. The number of fused-ring (bicyclic) bond motifs is 1. The first-order valence-corrected chi connectivity index (χ1v) is 7.14. The van der Waals surface area contributed by atoms with Gasteiger partial charge in [-0.25, -0.2) is 0 Å². The summed E-state index contributed by atoms with van der Waals surface area (Å²) >= 11 is 0. The topological polar surface area (TPSA) is 27.3 Å². The van der Waals surface area contributed by atoms with Crippen molar-refractivity contribution in [3.05, 3.63) is 30.3 Å². The molecule has 18 heavy (non-hydrogen) atoms. The van der Waals surface area contributed by atoms with E-state index in [1.165, 1.54) is 44.8 Å². The number of anilines is 1. The van der Waals surface area contributed by atoms with Crippen LogP contribution in [0, 0.1) is 11.8 Å². The van der Waals surface area contributed by atoms with Crippen LogP contribution in [0.25, 0.3) is 0 Å². The van der Waals surface area contributed by atoms with Gasteiger partial charge in [0.25, 0.3) is 0 Å². The van der Waals surface area contributed by atoms with Crippen LogP contribution in [-0.4, -0.2) is 44.2 Å². The first-order chi connectivity index (χ1) is 8.92. The van der Waals surface area contributed by atoms with E-state index in [2.05, 4.69) is 45.9 Å². The second-order valence-corrected chi connectivity index (χ2v) is 5.58. The van der Waals surface area contributed by atoms with E-state index in [9.17, 15) is 0 Å². The molecule has 3 nitrogen and oxygen atoms in total. The monoisotopic (exact) mass is 245 g/mol. The minimum absolute atomic E-state index is 0.923. The van der Waals surface area contributed by atoms with Crippen LogP contribution in [0.5, 0.6) is 0 Å². The van der Waals surface area contributed by atoms with Crippen molar-refractivity contribution in [2.24, 2.45) is 11.8 Å². The third-order valence-electron chi connectivity index (χ3n) is 4.22. The first kappa shape index (κ1) is 12.0. The van der Waals surface area contributed by atoms with Crippen LogP contribution < -0.4 is 10.6 Å². The van der Waals surface area contributed by atoms with E-state index in [1.54, 1.807) is 0 Å². The second kappa shape index (κ2) is 5.72. The molecule has 1 aromatic rings. The summed E-state index contributed by atoms with van der Waals surface area (Å²) in [6, 6.07) is 10.5. The molecule has 3 heteroatoms. The van der Waals surface area contributed by atoms with Crippen LogP contribution >= 0.6 is 0 Å². The molecule has 2 aliphatic heterocycles. The average molecular weight is 245 g/mol. The summed E-state index contributed by atoms with van der Waals surface area (Å²) in [5.74, 6) is 1.85. The molecular formula is C15H23N3. The van der Waals surface area contributed by atoms with E-state index < -0.39 is 0 Å². The summed E-state index contributed by atoms with van der Waals surface area (Å²) in [4.78, 5) is 2.64. The van der Waals surface area contributed by atoms with Gasteiger partial charge in [0, 0.05) is 25.3 Å². The SMILES string of the molecule is c1ccc(NCCCN2CC3CNCC3C2)cc1. The zero-order valence-electron chi connectivity index (χ0n) is 10.9. The lowest BCUT2D eigenvalue weighted by Gasteiger charge is -2.17. The van der Waals surface area contributed by atoms with E-state index in [1.807, 2.05) is 0 Å². The molecule has 2 fully saturated rings. The first-order valence-electron chi connectivity index (χ1n) is 7.14. The molecule has 0 saturated carbocycles. The molecule has 0 aliphatic carbocycles. The van der Waals surface area contributed by atoms with Gasteiger partial charge in [0.1, 0.15) is 0 Å². The van der Waals surface area contributed by atoms with Crippen LogP contribution in [0.1, 0.15) is 6.42 Å². The molecule has 2 aliphatic rings. The Bertz CT molecular complexity index is 353. The highest BCUT2D eigenvalue weighted by atomic mass is 15.2. The molecule has 0 radical (unpaired) electrons. The van der Waals surface area contributed by atoms with Crippen molar-refractivity contribution in [1.82, 2.24) is 10.2 Å². The molecule has 0 aromatic heterocycles. The molecule has 2 heterocycles. The Balaban J connectivity index is 1.34. The summed E-state index contributed by atoms with van der Waals surface area (Å²) in [6.45, 7) is 7.42. The van der Waals surface area contributed by atoms with Gasteiger partial charge in [-0.1, -0.05) is 18.2 Å². The van der Waals surface area contributed by atoms with Crippen molar-refractivity contribution < 1.29 is 0 Å². The van der Waals surface area contributed by atoms with Gasteiger partial charge < -0.3 is 15.5 Å². The number of hydrogen-bond donors (Lipinski definition) is 2. The van der Waals surface area contributed by atoms with Crippen LogP contribution in [0.4, 0.5) is 5.69 Å². The maximum Gasteiger partial charge on any atom is 0.0340 e. The molecule has 2 saturated heterocycles. The second-order valence-electron chi connectivity index (χ2n) is 5.58. The molecule has 2 N–H and O–H groups in total. The fourth-order valence-electron chi connectivity index (χ4n) is 3.23. The Labute approximate surface area is 110 Å². The van der Waals surface area contributed by atoms with Crippen LogP contribution in [0.3, 0.4) is 0 Å². The standard InChI is InChI=1S/C15H23N3/c1-2-5-15(6-3-1)17-7-4-8-18-11-13-9-16-10-14(13)12-18/h1-3,5-6,13-14,16-17H,4,7-12H2. The molecule has 2 atom stereocenters. The van der Waals surface area contributed by atoms with Crippen molar-refractivity contribution in [1.29, 1.82) is 0 Å². The van der Waals surface area contributed by atoms with E-state index in [4.69, 9.17) is 0 Å². The maximum absolute atomic E-state index is 3.49. The normalized spacial score (nSPS) is 27.3. The molecule has 2 unspecified atom stereocenters. The van der Waals surface area contributed by atoms with Crippen molar-refractivity contribution >= 4 is 5.69 Å². The van der Waals surface area contributed by atoms with Crippen LogP contribution in [0.2, 0.25) is 0 Å².